The lowest BCUT2D eigenvalue weighted by molar-refractivity contribution is 0.0952. The lowest BCUT2D eigenvalue weighted by atomic mass is 10.0. The number of hydrogen-bond donors (Lipinski definition) is 0. The monoisotopic (exact) mass is 420 g/mol. The van der Waals surface area contributed by atoms with Gasteiger partial charge in [-0.3, -0.25) is 9.59 Å². The zero-order chi connectivity index (χ0) is 22.3. The van der Waals surface area contributed by atoms with Crippen LogP contribution in [0.4, 0.5) is 20.2 Å². The second-order valence-electron chi connectivity index (χ2n) is 7.86. The molecule has 0 fully saturated rings. The maximum absolute atomic E-state index is 14.1. The predicted molar refractivity (Wildman–Crippen MR) is 117 cm³/mol. The van der Waals surface area contributed by atoms with E-state index in [1.165, 1.54) is 12.1 Å². The summed E-state index contributed by atoms with van der Waals surface area (Å²) in [5.74, 6) is -1.57. The quantitative estimate of drug-likeness (QED) is 0.566. The van der Waals surface area contributed by atoms with E-state index in [-0.39, 0.29) is 35.5 Å². The van der Waals surface area contributed by atoms with Crippen molar-refractivity contribution in [1.29, 1.82) is 0 Å². The van der Waals surface area contributed by atoms with Gasteiger partial charge in [-0.2, -0.15) is 0 Å². The lowest BCUT2D eigenvalue weighted by Crippen LogP contribution is -2.52. The number of benzene rings is 3. The highest BCUT2D eigenvalue weighted by Crippen LogP contribution is 2.37. The molecule has 2 amide bonds. The molecule has 3 aromatic carbocycles. The van der Waals surface area contributed by atoms with Crippen molar-refractivity contribution in [1.82, 2.24) is 0 Å². The lowest BCUT2D eigenvalue weighted by Gasteiger charge is -2.41. The number of fused-ring (bicyclic) bond motifs is 1. The number of anilines is 2. The summed E-state index contributed by atoms with van der Waals surface area (Å²) in [5, 5.41) is 0. The third-order valence-corrected chi connectivity index (χ3v) is 5.62. The van der Waals surface area contributed by atoms with Crippen LogP contribution < -0.4 is 9.80 Å². The molecule has 0 aromatic heterocycles. The van der Waals surface area contributed by atoms with Crippen LogP contribution in [0.3, 0.4) is 0 Å². The van der Waals surface area contributed by atoms with Crippen LogP contribution in [-0.2, 0) is 0 Å². The number of rotatable bonds is 2. The summed E-state index contributed by atoms with van der Waals surface area (Å²) < 4.78 is 28.1. The molecule has 4 rings (SSSR count). The van der Waals surface area contributed by atoms with Crippen molar-refractivity contribution >= 4 is 23.2 Å². The van der Waals surface area contributed by atoms with E-state index >= 15 is 0 Å². The number of nitrogens with zero attached hydrogens (tertiary/aromatic N) is 2. The molecule has 4 nitrogen and oxygen atoms in total. The van der Waals surface area contributed by atoms with E-state index in [2.05, 4.69) is 0 Å². The molecule has 1 aliphatic rings. The number of amides is 2. The second kappa shape index (κ2) is 7.95. The number of hydrogen-bond acceptors (Lipinski definition) is 2. The van der Waals surface area contributed by atoms with Crippen molar-refractivity contribution in [3.05, 3.63) is 94.6 Å². The van der Waals surface area contributed by atoms with E-state index in [1.54, 1.807) is 72.2 Å². The van der Waals surface area contributed by atoms with E-state index in [4.69, 9.17) is 0 Å². The van der Waals surface area contributed by atoms with E-state index < -0.39 is 11.6 Å². The first kappa shape index (κ1) is 20.7. The fraction of sp³-hybridized carbons (Fsp3) is 0.200. The molecule has 158 valence electrons. The number of para-hydroxylation sites is 2. The van der Waals surface area contributed by atoms with Crippen LogP contribution in [0.1, 0.15) is 38.8 Å². The van der Waals surface area contributed by atoms with Crippen molar-refractivity contribution < 1.29 is 18.4 Å². The molecule has 0 bridgehead atoms. The summed E-state index contributed by atoms with van der Waals surface area (Å²) in [6.45, 7) is 5.33. The maximum atomic E-state index is 14.1. The molecule has 0 radical (unpaired) electrons. The van der Waals surface area contributed by atoms with Crippen molar-refractivity contribution in [3.8, 4) is 0 Å². The van der Waals surface area contributed by atoms with Crippen molar-refractivity contribution in [2.24, 2.45) is 0 Å². The molecular weight excluding hydrogens is 398 g/mol. The van der Waals surface area contributed by atoms with Crippen LogP contribution in [0, 0.1) is 25.5 Å². The van der Waals surface area contributed by atoms with Crippen LogP contribution in [0.5, 0.6) is 0 Å². The van der Waals surface area contributed by atoms with Gasteiger partial charge in [0, 0.05) is 17.7 Å². The van der Waals surface area contributed by atoms with Gasteiger partial charge in [-0.25, -0.2) is 8.78 Å². The minimum atomic E-state index is -0.443. The SMILES string of the molecule is Cc1ccc(C(=O)N2CC(C)N(C(=O)c3ccc(C)c(F)c3)c3ccccc32)cc1F. The third kappa shape index (κ3) is 3.69. The van der Waals surface area contributed by atoms with E-state index in [0.29, 0.717) is 22.5 Å². The zero-order valence-corrected chi connectivity index (χ0v) is 17.5. The molecule has 0 spiro atoms. The number of halogens is 2. The molecule has 0 N–H and O–H groups in total. The Labute approximate surface area is 179 Å². The molecule has 31 heavy (non-hydrogen) atoms. The Morgan fingerprint density at radius 1 is 0.806 bits per heavy atom. The Morgan fingerprint density at radius 3 is 1.87 bits per heavy atom. The van der Waals surface area contributed by atoms with Crippen LogP contribution in [-0.4, -0.2) is 24.4 Å². The third-order valence-electron chi connectivity index (χ3n) is 5.62. The van der Waals surface area contributed by atoms with Crippen LogP contribution in [0.2, 0.25) is 0 Å². The Kier molecular flexibility index (Phi) is 5.31. The molecule has 0 saturated heterocycles. The van der Waals surface area contributed by atoms with Gasteiger partial charge >= 0.3 is 0 Å². The summed E-state index contributed by atoms with van der Waals surface area (Å²) in [4.78, 5) is 29.6. The number of carbonyl (C=O) groups excluding carboxylic acids is 2. The molecular formula is C25H22F2N2O2. The number of aryl methyl sites for hydroxylation is 2. The van der Waals surface area contributed by atoms with Gasteiger partial charge in [-0.1, -0.05) is 24.3 Å². The fourth-order valence-corrected chi connectivity index (χ4v) is 3.83. The highest BCUT2D eigenvalue weighted by molar-refractivity contribution is 6.13. The zero-order valence-electron chi connectivity index (χ0n) is 17.5. The van der Waals surface area contributed by atoms with Crippen molar-refractivity contribution in [2.75, 3.05) is 16.3 Å². The normalized spacial score (nSPS) is 15.6. The van der Waals surface area contributed by atoms with Crippen LogP contribution >= 0.6 is 0 Å². The van der Waals surface area contributed by atoms with Crippen LogP contribution in [0.15, 0.2) is 60.7 Å². The van der Waals surface area contributed by atoms with Gasteiger partial charge < -0.3 is 9.80 Å². The molecule has 1 unspecified atom stereocenters. The Bertz CT molecular complexity index is 1190. The topological polar surface area (TPSA) is 40.6 Å². The molecule has 1 heterocycles. The van der Waals surface area contributed by atoms with E-state index in [9.17, 15) is 18.4 Å². The minimum absolute atomic E-state index is 0.228. The van der Waals surface area contributed by atoms with Gasteiger partial charge in [0.1, 0.15) is 11.6 Å². The first-order chi connectivity index (χ1) is 14.8. The summed E-state index contributed by atoms with van der Waals surface area (Å²) >= 11 is 0. The highest BCUT2D eigenvalue weighted by Gasteiger charge is 2.35. The van der Waals surface area contributed by atoms with Gasteiger partial charge in [-0.15, -0.1) is 0 Å². The predicted octanol–water partition coefficient (Wildman–Crippen LogP) is 5.28. The molecule has 1 atom stereocenters. The minimum Gasteiger partial charge on any atom is -0.304 e. The van der Waals surface area contributed by atoms with Crippen LogP contribution in [0.25, 0.3) is 0 Å². The van der Waals surface area contributed by atoms with Gasteiger partial charge in [0.15, 0.2) is 0 Å². The molecule has 1 aliphatic heterocycles. The summed E-state index contributed by atoms with van der Waals surface area (Å²) in [5.41, 5.74) is 2.51. The average molecular weight is 420 g/mol. The van der Waals surface area contributed by atoms with Gasteiger partial charge in [-0.05, 0) is 68.3 Å². The van der Waals surface area contributed by atoms with Crippen molar-refractivity contribution in [3.63, 3.8) is 0 Å². The standard InChI is InChI=1S/C25H22F2N2O2/c1-15-8-10-18(12-20(15)26)24(30)28-14-17(3)29(23-7-5-4-6-22(23)28)25(31)19-11-9-16(2)21(27)13-19/h4-13,17H,14H2,1-3H3. The van der Waals surface area contributed by atoms with E-state index in [1.807, 2.05) is 6.92 Å². The van der Waals surface area contributed by atoms with Gasteiger partial charge in [0.05, 0.1) is 17.4 Å². The first-order valence-corrected chi connectivity index (χ1v) is 10.0. The smallest absolute Gasteiger partial charge is 0.258 e. The Balaban J connectivity index is 1.73. The molecule has 0 aliphatic carbocycles. The summed E-state index contributed by atoms with van der Waals surface area (Å²) in [7, 11) is 0. The molecule has 6 heteroatoms. The fourth-order valence-electron chi connectivity index (χ4n) is 3.83. The Morgan fingerprint density at radius 2 is 1.32 bits per heavy atom. The first-order valence-electron chi connectivity index (χ1n) is 10.0. The maximum Gasteiger partial charge on any atom is 0.258 e. The van der Waals surface area contributed by atoms with E-state index in [0.717, 1.165) is 0 Å². The summed E-state index contributed by atoms with van der Waals surface area (Å²) in [6, 6.07) is 15.5. The Hall–Kier alpha value is -3.54. The average Bonchev–Trinajstić information content (AvgIpc) is 2.76. The van der Waals surface area contributed by atoms with Gasteiger partial charge in [0.25, 0.3) is 11.8 Å². The summed E-state index contributed by atoms with van der Waals surface area (Å²) in [6.07, 6.45) is 0. The number of carbonyl (C=O) groups is 2. The van der Waals surface area contributed by atoms with Gasteiger partial charge in [0.2, 0.25) is 0 Å². The molecule has 3 aromatic rings. The van der Waals surface area contributed by atoms with Crippen molar-refractivity contribution in [2.45, 2.75) is 26.8 Å². The molecule has 0 saturated carbocycles. The second-order valence-corrected chi connectivity index (χ2v) is 7.86. The highest BCUT2D eigenvalue weighted by atomic mass is 19.1. The largest absolute Gasteiger partial charge is 0.304 e.